The Morgan fingerprint density at radius 3 is 2.31 bits per heavy atom. The zero-order valence-corrected chi connectivity index (χ0v) is 29.6. The molecule has 2 heterocycles. The number of para-hydroxylation sites is 2. The number of Topliss-reactive ketones (excluding diaryl/α,β-unsaturated/α-hetero) is 1. The van der Waals surface area contributed by atoms with E-state index in [1.807, 2.05) is 29.2 Å². The molecule has 1 saturated heterocycles. The van der Waals surface area contributed by atoms with Gasteiger partial charge >= 0.3 is 6.18 Å². The summed E-state index contributed by atoms with van der Waals surface area (Å²) in [5.74, 6) is -0.289. The van der Waals surface area contributed by atoms with Crippen molar-refractivity contribution in [1.82, 2.24) is 4.90 Å². The van der Waals surface area contributed by atoms with Gasteiger partial charge in [0.15, 0.2) is 0 Å². The number of hydrogen-bond donors (Lipinski definition) is 5. The van der Waals surface area contributed by atoms with Crippen LogP contribution in [0.2, 0.25) is 0 Å². The number of carbonyl (C=O) groups is 2. The molecule has 0 aromatic heterocycles. The average molecular weight is 736 g/mol. The fourth-order valence-electron chi connectivity index (χ4n) is 7.45. The number of unbranched alkanes of at least 4 members (excludes halogenated alkanes) is 2. The van der Waals surface area contributed by atoms with Crippen LogP contribution in [-0.4, -0.2) is 118 Å². The van der Waals surface area contributed by atoms with Crippen LogP contribution in [0.4, 0.5) is 24.5 Å². The van der Waals surface area contributed by atoms with E-state index in [0.29, 0.717) is 57.8 Å². The minimum atomic E-state index is -4.58. The first-order chi connectivity index (χ1) is 24.8. The van der Waals surface area contributed by atoms with Gasteiger partial charge in [0.2, 0.25) is 5.91 Å². The molecule has 2 aromatic rings. The Morgan fingerprint density at radius 1 is 0.923 bits per heavy atom. The number of hydrogen-bond acceptors (Lipinski definition) is 10. The molecule has 2 fully saturated rings. The third kappa shape index (κ3) is 9.90. The van der Waals surface area contributed by atoms with Crippen LogP contribution in [0, 0.1) is 0 Å². The van der Waals surface area contributed by atoms with E-state index in [-0.39, 0.29) is 49.2 Å². The second kappa shape index (κ2) is 17.8. The van der Waals surface area contributed by atoms with Crippen molar-refractivity contribution >= 4 is 23.1 Å². The van der Waals surface area contributed by atoms with Gasteiger partial charge in [-0.15, -0.1) is 0 Å². The van der Waals surface area contributed by atoms with Crippen molar-refractivity contribution in [3.63, 3.8) is 0 Å². The number of ether oxygens (including phenoxy) is 1. The predicted octanol–water partition coefficient (Wildman–Crippen LogP) is 3.20. The van der Waals surface area contributed by atoms with Crippen molar-refractivity contribution in [1.29, 1.82) is 0 Å². The number of carbonyl (C=O) groups excluding carboxylic acids is 2. The van der Waals surface area contributed by atoms with Crippen molar-refractivity contribution in [2.75, 3.05) is 43.2 Å². The summed E-state index contributed by atoms with van der Waals surface area (Å²) in [4.78, 5) is 32.5. The molecule has 6 atom stereocenters. The number of ketones is 1. The molecule has 2 aliphatic heterocycles. The number of fused-ring (bicyclic) bond motifs is 1. The zero-order valence-electron chi connectivity index (χ0n) is 29.6. The van der Waals surface area contributed by atoms with E-state index in [4.69, 9.17) is 9.84 Å². The summed E-state index contributed by atoms with van der Waals surface area (Å²) in [5.41, 5.74) is 1.94. The zero-order chi connectivity index (χ0) is 37.6. The monoisotopic (exact) mass is 735 g/mol. The van der Waals surface area contributed by atoms with Gasteiger partial charge in [-0.2, -0.15) is 13.2 Å². The molecular weight excluding hydrogens is 683 g/mol. The molecule has 11 nitrogen and oxygen atoms in total. The topological polar surface area (TPSA) is 154 Å². The number of benzene rings is 2. The van der Waals surface area contributed by atoms with Gasteiger partial charge < -0.3 is 40.1 Å². The summed E-state index contributed by atoms with van der Waals surface area (Å²) in [6, 6.07) is 11.8. The van der Waals surface area contributed by atoms with Gasteiger partial charge in [-0.25, -0.2) is 0 Å². The molecule has 1 aliphatic carbocycles. The number of methoxy groups -OCH3 is 1. The van der Waals surface area contributed by atoms with Crippen LogP contribution in [0.5, 0.6) is 0 Å². The van der Waals surface area contributed by atoms with Gasteiger partial charge in [0, 0.05) is 52.2 Å². The molecule has 288 valence electrons. The van der Waals surface area contributed by atoms with Crippen LogP contribution in [0.3, 0.4) is 0 Å². The van der Waals surface area contributed by atoms with Crippen LogP contribution < -0.4 is 9.80 Å². The molecule has 0 bridgehead atoms. The summed E-state index contributed by atoms with van der Waals surface area (Å²) in [6.45, 7) is 0.689. The second-order valence-electron chi connectivity index (χ2n) is 14.4. The normalized spacial score (nSPS) is 21.9. The Labute approximate surface area is 302 Å². The van der Waals surface area contributed by atoms with E-state index in [9.17, 15) is 43.2 Å². The highest BCUT2D eigenvalue weighted by Gasteiger charge is 2.43. The summed E-state index contributed by atoms with van der Waals surface area (Å²) >= 11 is 0. The van der Waals surface area contributed by atoms with E-state index in [0.717, 1.165) is 35.8 Å². The fraction of sp³-hybridized carbons (Fsp3) is 0.632. The SMILES string of the molecule is CO[C@@H]1C[C@@H](C(=O)N2CCN(C3CC3)c3ccccc32)N(Cc2cc(CCCCCC(=O)CC[C@H](O)[C@@H](O)[C@H](O)[C@H](O)CO)ccc2C(F)(F)F)C1. The second-order valence-corrected chi connectivity index (χ2v) is 14.4. The largest absolute Gasteiger partial charge is 0.416 e. The maximum atomic E-state index is 14.3. The van der Waals surface area contributed by atoms with E-state index >= 15 is 0 Å². The van der Waals surface area contributed by atoms with Crippen LogP contribution in [0.15, 0.2) is 42.5 Å². The first-order valence-corrected chi connectivity index (χ1v) is 18.3. The van der Waals surface area contributed by atoms with Gasteiger partial charge in [-0.1, -0.05) is 30.7 Å². The van der Waals surface area contributed by atoms with Gasteiger partial charge in [0.25, 0.3) is 0 Å². The van der Waals surface area contributed by atoms with Gasteiger partial charge in [0.1, 0.15) is 24.1 Å². The van der Waals surface area contributed by atoms with E-state index in [1.54, 1.807) is 18.1 Å². The lowest BCUT2D eigenvalue weighted by Crippen LogP contribution is -2.51. The first-order valence-electron chi connectivity index (χ1n) is 18.3. The molecule has 3 aliphatic rings. The Bertz CT molecular complexity index is 1510. The molecule has 0 spiro atoms. The van der Waals surface area contributed by atoms with Gasteiger partial charge in [-0.3, -0.25) is 14.5 Å². The summed E-state index contributed by atoms with van der Waals surface area (Å²) in [6.07, 6.45) is -6.42. The highest BCUT2D eigenvalue weighted by atomic mass is 19.4. The van der Waals surface area contributed by atoms with Crippen LogP contribution >= 0.6 is 0 Å². The predicted molar refractivity (Wildman–Crippen MR) is 188 cm³/mol. The quantitative estimate of drug-likeness (QED) is 0.144. The standard InChI is InChI=1S/C38H52F3N3O8/c1-52-28-20-32(37(51)44-18-17-43(26-12-13-26)30-9-5-6-10-31(30)44)42(22-28)21-25-19-24(11-15-29(25)38(39,40)41)7-3-2-4-8-27(46)14-16-33(47)35(49)36(50)34(48)23-45/h5-6,9-11,15,19,26,28,32-36,45,47-50H,2-4,7-8,12-14,16-18,20-23H2,1H3/t28-,32+,33+,34-,35-,36-/m1/s1. The van der Waals surface area contributed by atoms with Crippen molar-refractivity contribution in [2.24, 2.45) is 0 Å². The van der Waals surface area contributed by atoms with Gasteiger partial charge in [0.05, 0.1) is 41.8 Å². The van der Waals surface area contributed by atoms with E-state index < -0.39 is 48.8 Å². The molecule has 1 saturated carbocycles. The van der Waals surface area contributed by atoms with Crippen molar-refractivity contribution in [2.45, 2.75) is 120 Å². The summed E-state index contributed by atoms with van der Waals surface area (Å²) < 4.78 is 48.4. The fourth-order valence-corrected chi connectivity index (χ4v) is 7.45. The molecule has 5 rings (SSSR count). The lowest BCUT2D eigenvalue weighted by Gasteiger charge is -2.40. The number of anilines is 2. The Hall–Kier alpha value is -3.11. The third-order valence-corrected chi connectivity index (χ3v) is 10.6. The third-order valence-electron chi connectivity index (χ3n) is 10.6. The first kappa shape index (κ1) is 40.1. The van der Waals surface area contributed by atoms with Crippen LogP contribution in [-0.2, 0) is 33.5 Å². The number of nitrogens with zero attached hydrogens (tertiary/aromatic N) is 3. The van der Waals surface area contributed by atoms with Crippen molar-refractivity contribution in [3.05, 3.63) is 59.2 Å². The van der Waals surface area contributed by atoms with Crippen molar-refractivity contribution in [3.8, 4) is 0 Å². The van der Waals surface area contributed by atoms with Crippen molar-refractivity contribution < 1.29 is 53.0 Å². The number of halogens is 3. The number of amides is 1. The number of likely N-dealkylation sites (tertiary alicyclic amines) is 1. The van der Waals surface area contributed by atoms with E-state index in [1.165, 1.54) is 6.07 Å². The van der Waals surface area contributed by atoms with Crippen LogP contribution in [0.25, 0.3) is 0 Å². The lowest BCUT2D eigenvalue weighted by molar-refractivity contribution is -0.138. The number of aliphatic hydroxyl groups excluding tert-OH is 5. The number of rotatable bonds is 18. The molecule has 0 radical (unpaired) electrons. The molecule has 14 heteroatoms. The molecule has 1 amide bonds. The summed E-state index contributed by atoms with van der Waals surface area (Å²) in [5, 5.41) is 48.0. The number of aryl methyl sites for hydroxylation is 1. The molecule has 5 N–H and O–H groups in total. The Balaban J connectivity index is 1.18. The lowest BCUT2D eigenvalue weighted by atomic mass is 9.97. The van der Waals surface area contributed by atoms with Crippen LogP contribution in [0.1, 0.15) is 74.5 Å². The summed E-state index contributed by atoms with van der Waals surface area (Å²) in [7, 11) is 1.56. The maximum absolute atomic E-state index is 14.3. The molecule has 0 unspecified atom stereocenters. The Kier molecular flexibility index (Phi) is 13.7. The molecule has 2 aromatic carbocycles. The number of alkyl halides is 3. The molecular formula is C38H52F3N3O8. The number of aliphatic hydroxyl groups is 5. The maximum Gasteiger partial charge on any atom is 0.416 e. The smallest absolute Gasteiger partial charge is 0.394 e. The molecule has 52 heavy (non-hydrogen) atoms. The van der Waals surface area contributed by atoms with E-state index in [2.05, 4.69) is 4.90 Å². The minimum absolute atomic E-state index is 0.0461. The Morgan fingerprint density at radius 2 is 1.63 bits per heavy atom. The van der Waals surface area contributed by atoms with Gasteiger partial charge in [-0.05, 0) is 74.3 Å². The minimum Gasteiger partial charge on any atom is -0.394 e. The highest BCUT2D eigenvalue weighted by Crippen LogP contribution is 2.41. The average Bonchev–Trinajstić information content (AvgIpc) is 3.90. The highest BCUT2D eigenvalue weighted by molar-refractivity contribution is 6.01.